The highest BCUT2D eigenvalue weighted by Crippen LogP contribution is 2.23. The van der Waals surface area contributed by atoms with Crippen LogP contribution in [-0.4, -0.2) is 70.1 Å². The predicted molar refractivity (Wildman–Crippen MR) is 310 cm³/mol. The van der Waals surface area contributed by atoms with Crippen LogP contribution in [0.1, 0.15) is 180 Å². The standard InChI is InChI=1S/C23H34N2O2.C21H30N2O2.C20H28N2O2/c1-3-5-6-7-8-9-10-11-20-17-24-23(25-18-20)21-12-14-22(15-13-21)27-19-26-16-4-2;1-3-5-6-7-8-9-18-15-22-21(23-16-18)19-10-12-20(13-11-19)25-17-24-14-4-2;1-3-5-6-7-8-17-14-21-20(22-15-17)18-9-11-19(12-10-18)24-16-23-13-4-2/h12-15,17-18H,3-11,16,19H2,1-2H3;10-13,15-16H,3-9,14,17H2,1-2H3;9-12,14-15H,3-8,13,16H2,1-2H3. The van der Waals surface area contributed by atoms with Crippen LogP contribution in [0.25, 0.3) is 34.2 Å². The van der Waals surface area contributed by atoms with Gasteiger partial charge in [-0.05, 0) is 147 Å². The Balaban J connectivity index is 0.000000247. The lowest BCUT2D eigenvalue weighted by Gasteiger charge is -2.07. The number of rotatable bonds is 37. The quantitative estimate of drug-likeness (QED) is 0.0272. The van der Waals surface area contributed by atoms with Gasteiger partial charge in [0.05, 0.1) is 19.8 Å². The lowest BCUT2D eigenvalue weighted by atomic mass is 10.1. The maximum Gasteiger partial charge on any atom is 0.189 e. The average Bonchev–Trinajstić information content (AvgIpc) is 3.47. The molecular formula is C64H92N6O6. The maximum atomic E-state index is 5.54. The Morgan fingerprint density at radius 2 is 0.513 bits per heavy atom. The van der Waals surface area contributed by atoms with Gasteiger partial charge in [0.15, 0.2) is 37.9 Å². The van der Waals surface area contributed by atoms with Crippen molar-refractivity contribution < 1.29 is 28.4 Å². The van der Waals surface area contributed by atoms with Crippen molar-refractivity contribution in [2.24, 2.45) is 0 Å². The molecule has 0 fully saturated rings. The van der Waals surface area contributed by atoms with Gasteiger partial charge in [0.1, 0.15) is 17.2 Å². The highest BCUT2D eigenvalue weighted by Gasteiger charge is 2.07. The summed E-state index contributed by atoms with van der Waals surface area (Å²) in [5.74, 6) is 4.65. The third-order valence-electron chi connectivity index (χ3n) is 12.4. The number of aryl methyl sites for hydroxylation is 3. The van der Waals surface area contributed by atoms with E-state index in [1.165, 1.54) is 119 Å². The van der Waals surface area contributed by atoms with Crippen molar-refractivity contribution in [3.05, 3.63) is 127 Å². The Labute approximate surface area is 457 Å². The lowest BCUT2D eigenvalue weighted by Crippen LogP contribution is -2.03. The molecule has 0 N–H and O–H groups in total. The zero-order valence-corrected chi connectivity index (χ0v) is 47.3. The van der Waals surface area contributed by atoms with E-state index in [-0.39, 0.29) is 20.4 Å². The van der Waals surface area contributed by atoms with Crippen LogP contribution in [0.3, 0.4) is 0 Å². The molecule has 0 aliphatic heterocycles. The number of ether oxygens (including phenoxy) is 6. The third-order valence-corrected chi connectivity index (χ3v) is 12.4. The van der Waals surface area contributed by atoms with E-state index in [2.05, 4.69) is 71.4 Å². The predicted octanol–water partition coefficient (Wildman–Crippen LogP) is 16.6. The monoisotopic (exact) mass is 1040 g/mol. The first kappa shape index (κ1) is 62.7. The zero-order valence-electron chi connectivity index (χ0n) is 47.3. The van der Waals surface area contributed by atoms with Crippen LogP contribution in [0.4, 0.5) is 0 Å². The van der Waals surface area contributed by atoms with Crippen LogP contribution in [0.15, 0.2) is 110 Å². The van der Waals surface area contributed by atoms with Gasteiger partial charge in [-0.25, -0.2) is 29.9 Å². The first-order valence-corrected chi connectivity index (χ1v) is 28.9. The molecule has 0 aliphatic rings. The molecule has 6 aromatic rings. The summed E-state index contributed by atoms with van der Waals surface area (Å²) < 4.78 is 32.6. The number of hydrogen-bond acceptors (Lipinski definition) is 12. The van der Waals surface area contributed by atoms with Gasteiger partial charge in [0, 0.05) is 53.9 Å². The normalized spacial score (nSPS) is 10.8. The smallest absolute Gasteiger partial charge is 0.189 e. The average molecular weight is 1040 g/mol. The van der Waals surface area contributed by atoms with Crippen LogP contribution in [0.2, 0.25) is 0 Å². The summed E-state index contributed by atoms with van der Waals surface area (Å²) in [7, 11) is 0. The summed E-state index contributed by atoms with van der Waals surface area (Å²) in [6, 6.07) is 23.5. The number of nitrogens with zero attached hydrogens (tertiary/aromatic N) is 6. The van der Waals surface area contributed by atoms with Gasteiger partial charge in [0.2, 0.25) is 0 Å². The second-order valence-electron chi connectivity index (χ2n) is 19.2. The molecule has 0 saturated carbocycles. The molecule has 0 amide bonds. The molecule has 0 spiro atoms. The maximum absolute atomic E-state index is 5.54. The third kappa shape index (κ3) is 27.3. The fourth-order valence-electron chi connectivity index (χ4n) is 7.91. The first-order chi connectivity index (χ1) is 37.5. The van der Waals surface area contributed by atoms with E-state index in [1.807, 2.05) is 110 Å². The van der Waals surface area contributed by atoms with Crippen molar-refractivity contribution >= 4 is 0 Å². The van der Waals surface area contributed by atoms with E-state index in [0.29, 0.717) is 0 Å². The second-order valence-corrected chi connectivity index (χ2v) is 19.2. The molecule has 3 aromatic heterocycles. The number of aromatic nitrogens is 6. The Hall–Kier alpha value is -5.82. The molecule has 414 valence electrons. The van der Waals surface area contributed by atoms with Crippen molar-refractivity contribution in [2.75, 3.05) is 40.2 Å². The summed E-state index contributed by atoms with van der Waals surface area (Å²) in [5.41, 5.74) is 6.64. The van der Waals surface area contributed by atoms with Gasteiger partial charge in [-0.3, -0.25) is 0 Å². The minimum absolute atomic E-state index is 0.288. The van der Waals surface area contributed by atoms with E-state index < -0.39 is 0 Å². The van der Waals surface area contributed by atoms with Gasteiger partial charge in [-0.1, -0.05) is 125 Å². The summed E-state index contributed by atoms with van der Waals surface area (Å²) in [6.07, 6.45) is 38.7. The molecule has 76 heavy (non-hydrogen) atoms. The summed E-state index contributed by atoms with van der Waals surface area (Å²) in [5, 5.41) is 0. The molecular weight excluding hydrogens is 949 g/mol. The minimum atomic E-state index is 0.288. The van der Waals surface area contributed by atoms with E-state index in [1.54, 1.807) is 0 Å². The van der Waals surface area contributed by atoms with Crippen LogP contribution < -0.4 is 14.2 Å². The van der Waals surface area contributed by atoms with E-state index in [4.69, 9.17) is 28.4 Å². The van der Waals surface area contributed by atoms with Crippen molar-refractivity contribution in [3.8, 4) is 51.4 Å². The molecule has 0 saturated heterocycles. The van der Waals surface area contributed by atoms with Crippen molar-refractivity contribution in [1.82, 2.24) is 29.9 Å². The fourth-order valence-corrected chi connectivity index (χ4v) is 7.91. The SMILES string of the molecule is CCCCCCCCCc1cnc(-c2ccc(OCOCCC)cc2)nc1.CCCCCCCc1cnc(-c2ccc(OCOCCC)cc2)nc1.CCCCCCc1cnc(-c2ccc(OCOCCC)cc2)nc1. The molecule has 3 aromatic carbocycles. The summed E-state index contributed by atoms with van der Waals surface area (Å²) >= 11 is 0. The van der Waals surface area contributed by atoms with Gasteiger partial charge in [0.25, 0.3) is 0 Å². The van der Waals surface area contributed by atoms with Crippen LogP contribution in [0, 0.1) is 0 Å². The molecule has 12 heteroatoms. The highest BCUT2D eigenvalue weighted by molar-refractivity contribution is 5.57. The lowest BCUT2D eigenvalue weighted by molar-refractivity contribution is 0.0155. The fraction of sp³-hybridized carbons (Fsp3) is 0.531. The van der Waals surface area contributed by atoms with Gasteiger partial charge >= 0.3 is 0 Å². The van der Waals surface area contributed by atoms with Crippen molar-refractivity contribution in [2.45, 2.75) is 183 Å². The van der Waals surface area contributed by atoms with Crippen LogP contribution in [-0.2, 0) is 33.5 Å². The van der Waals surface area contributed by atoms with Gasteiger partial charge in [-0.15, -0.1) is 0 Å². The molecule has 6 rings (SSSR count). The van der Waals surface area contributed by atoms with Gasteiger partial charge < -0.3 is 28.4 Å². The molecule has 0 bridgehead atoms. The summed E-state index contributed by atoms with van der Waals surface area (Å²) in [4.78, 5) is 27.0. The molecule has 0 radical (unpaired) electrons. The van der Waals surface area contributed by atoms with Gasteiger partial charge in [-0.2, -0.15) is 0 Å². The number of unbranched alkanes of at least 4 members (excludes halogenated alkanes) is 13. The minimum Gasteiger partial charge on any atom is -0.468 e. The van der Waals surface area contributed by atoms with Crippen molar-refractivity contribution in [3.63, 3.8) is 0 Å². The zero-order chi connectivity index (χ0) is 53.9. The van der Waals surface area contributed by atoms with Crippen LogP contribution >= 0.6 is 0 Å². The molecule has 12 nitrogen and oxygen atoms in total. The first-order valence-electron chi connectivity index (χ1n) is 28.9. The Bertz CT molecular complexity index is 2230. The molecule has 3 heterocycles. The Morgan fingerprint density at radius 3 is 0.763 bits per heavy atom. The molecule has 0 aliphatic carbocycles. The Morgan fingerprint density at radius 1 is 0.276 bits per heavy atom. The highest BCUT2D eigenvalue weighted by atomic mass is 16.7. The van der Waals surface area contributed by atoms with E-state index in [9.17, 15) is 0 Å². The number of hydrogen-bond donors (Lipinski definition) is 0. The Kier molecular flexibility index (Phi) is 34.1. The number of benzene rings is 3. The summed E-state index contributed by atoms with van der Waals surface area (Å²) in [6.45, 7) is 16.0. The molecule has 0 unspecified atom stereocenters. The largest absolute Gasteiger partial charge is 0.468 e. The van der Waals surface area contributed by atoms with E-state index >= 15 is 0 Å². The topological polar surface area (TPSA) is 133 Å². The van der Waals surface area contributed by atoms with E-state index in [0.717, 1.165) is 110 Å². The molecule has 0 atom stereocenters. The van der Waals surface area contributed by atoms with Crippen molar-refractivity contribution in [1.29, 1.82) is 0 Å². The second kappa shape index (κ2) is 41.4. The van der Waals surface area contributed by atoms with Crippen LogP contribution in [0.5, 0.6) is 17.2 Å².